The van der Waals surface area contributed by atoms with Gasteiger partial charge in [-0.05, 0) is 41.0 Å². The second kappa shape index (κ2) is 7.49. The van der Waals surface area contributed by atoms with Crippen molar-refractivity contribution in [2.24, 2.45) is 0 Å². The van der Waals surface area contributed by atoms with Crippen LogP contribution in [0.4, 0.5) is 26.3 Å². The average molecular weight is 440 g/mol. The monoisotopic (exact) mass is 440 g/mol. The van der Waals surface area contributed by atoms with Crippen LogP contribution in [0.25, 0.3) is 0 Å². The summed E-state index contributed by atoms with van der Waals surface area (Å²) in [6, 6.07) is 19.5. The Labute approximate surface area is 172 Å². The Kier molecular flexibility index (Phi) is 5.09. The van der Waals surface area contributed by atoms with Crippen LogP contribution in [0.3, 0.4) is 0 Å². The summed E-state index contributed by atoms with van der Waals surface area (Å²) in [6.45, 7) is 0. The van der Waals surface area contributed by atoms with Gasteiger partial charge in [-0.2, -0.15) is 0 Å². The fourth-order valence-corrected chi connectivity index (χ4v) is 3.50. The molecular weight excluding hydrogens is 426 g/mol. The highest BCUT2D eigenvalue weighted by Gasteiger charge is 2.59. The van der Waals surface area contributed by atoms with Crippen molar-refractivity contribution in [3.8, 4) is 11.5 Å². The highest BCUT2D eigenvalue weighted by molar-refractivity contribution is 5.49. The number of halogens is 6. The number of rotatable bonds is 5. The van der Waals surface area contributed by atoms with Crippen LogP contribution in [0.1, 0.15) is 22.8 Å². The lowest BCUT2D eigenvalue weighted by Crippen LogP contribution is -2.18. The summed E-state index contributed by atoms with van der Waals surface area (Å²) in [7, 11) is 0. The Morgan fingerprint density at radius 1 is 0.613 bits per heavy atom. The average Bonchev–Trinajstić information content (AvgIpc) is 3.44. The summed E-state index contributed by atoms with van der Waals surface area (Å²) in [6.07, 6.45) is -10.1. The maximum atomic E-state index is 12.5. The molecule has 1 heterocycles. The predicted octanol–water partition coefficient (Wildman–Crippen LogP) is 6.50. The van der Waals surface area contributed by atoms with Crippen LogP contribution >= 0.6 is 0 Å². The van der Waals surface area contributed by atoms with Crippen molar-refractivity contribution < 1.29 is 40.6 Å². The Hall–Kier alpha value is -3.20. The van der Waals surface area contributed by atoms with Crippen LogP contribution in [0.5, 0.6) is 11.5 Å². The molecule has 1 saturated heterocycles. The van der Waals surface area contributed by atoms with E-state index in [0.29, 0.717) is 11.1 Å². The normalized spacial score (nSPS) is 17.8. The molecule has 0 amide bonds. The van der Waals surface area contributed by atoms with Crippen molar-refractivity contribution in [2.75, 3.05) is 0 Å². The molecule has 3 nitrogen and oxygen atoms in total. The first-order valence-corrected chi connectivity index (χ1v) is 9.02. The lowest BCUT2D eigenvalue weighted by atomic mass is 9.85. The third-order valence-electron chi connectivity index (χ3n) is 4.75. The number of epoxide rings is 1. The summed E-state index contributed by atoms with van der Waals surface area (Å²) in [5, 5.41) is 0. The highest BCUT2D eigenvalue weighted by Crippen LogP contribution is 2.61. The largest absolute Gasteiger partial charge is 0.573 e. The van der Waals surface area contributed by atoms with Gasteiger partial charge in [0.15, 0.2) is 0 Å². The molecule has 0 bridgehead atoms. The summed E-state index contributed by atoms with van der Waals surface area (Å²) < 4.78 is 88.5. The van der Waals surface area contributed by atoms with Crippen molar-refractivity contribution in [3.05, 3.63) is 95.6 Å². The lowest BCUT2D eigenvalue weighted by molar-refractivity contribution is -0.275. The molecule has 3 aromatic rings. The molecule has 1 unspecified atom stereocenters. The summed E-state index contributed by atoms with van der Waals surface area (Å²) in [5.41, 5.74) is 0.795. The molecule has 9 heteroatoms. The minimum Gasteiger partial charge on any atom is -0.406 e. The Bertz CT molecular complexity index is 969. The van der Waals surface area contributed by atoms with Gasteiger partial charge >= 0.3 is 12.7 Å². The Morgan fingerprint density at radius 3 is 1.42 bits per heavy atom. The number of hydrogen-bond donors (Lipinski definition) is 0. The zero-order valence-corrected chi connectivity index (χ0v) is 15.6. The predicted molar refractivity (Wildman–Crippen MR) is 97.3 cm³/mol. The summed E-state index contributed by atoms with van der Waals surface area (Å²) in [4.78, 5) is 0. The molecule has 162 valence electrons. The maximum Gasteiger partial charge on any atom is 0.573 e. The second-order valence-electron chi connectivity index (χ2n) is 6.79. The molecule has 0 saturated carbocycles. The van der Waals surface area contributed by atoms with E-state index < -0.39 is 35.9 Å². The van der Waals surface area contributed by atoms with E-state index in [9.17, 15) is 26.3 Å². The zero-order valence-electron chi connectivity index (χ0n) is 15.6. The molecule has 0 aromatic heterocycles. The third-order valence-corrected chi connectivity index (χ3v) is 4.75. The number of hydrogen-bond acceptors (Lipinski definition) is 3. The van der Waals surface area contributed by atoms with E-state index in [-0.39, 0.29) is 0 Å². The number of ether oxygens (including phenoxy) is 3. The topological polar surface area (TPSA) is 31.0 Å². The first kappa shape index (κ1) is 21.0. The van der Waals surface area contributed by atoms with Gasteiger partial charge in [0, 0.05) is 0 Å². The zero-order chi connectivity index (χ0) is 22.3. The fraction of sp³-hybridized carbons (Fsp3) is 0.182. The van der Waals surface area contributed by atoms with Gasteiger partial charge in [0.2, 0.25) is 0 Å². The standard InChI is InChI=1S/C22H14F6O3/c23-21(24,25)29-17-10-6-15(7-11-17)20(19(31-20)14-4-2-1-3-5-14)16-8-12-18(13-9-16)30-22(26,27)28/h1-13,19H. The lowest BCUT2D eigenvalue weighted by Gasteiger charge is -2.17. The molecule has 1 atom stereocenters. The molecule has 0 radical (unpaired) electrons. The van der Waals surface area contributed by atoms with Gasteiger partial charge < -0.3 is 14.2 Å². The summed E-state index contributed by atoms with van der Waals surface area (Å²) in [5.74, 6) is -0.783. The Morgan fingerprint density at radius 2 is 1.03 bits per heavy atom. The maximum absolute atomic E-state index is 12.5. The fourth-order valence-electron chi connectivity index (χ4n) is 3.50. The molecule has 3 aromatic carbocycles. The van der Waals surface area contributed by atoms with Crippen molar-refractivity contribution in [3.63, 3.8) is 0 Å². The molecular formula is C22H14F6O3. The van der Waals surface area contributed by atoms with Gasteiger partial charge in [0.05, 0.1) is 0 Å². The Balaban J connectivity index is 1.69. The van der Waals surface area contributed by atoms with E-state index in [1.807, 2.05) is 30.3 Å². The third kappa shape index (κ3) is 4.61. The minimum atomic E-state index is -4.82. The van der Waals surface area contributed by atoms with E-state index in [2.05, 4.69) is 9.47 Å². The van der Waals surface area contributed by atoms with Crippen molar-refractivity contribution in [2.45, 2.75) is 24.4 Å². The van der Waals surface area contributed by atoms with Crippen molar-refractivity contribution in [1.29, 1.82) is 0 Å². The second-order valence-corrected chi connectivity index (χ2v) is 6.79. The molecule has 4 rings (SSSR count). The quantitative estimate of drug-likeness (QED) is 0.335. The molecule has 1 aliphatic heterocycles. The molecule has 0 N–H and O–H groups in total. The SMILES string of the molecule is FC(F)(F)Oc1ccc(C2(c3ccc(OC(F)(F)F)cc3)OC2c2ccccc2)cc1. The highest BCUT2D eigenvalue weighted by atomic mass is 19.4. The van der Waals surface area contributed by atoms with E-state index in [1.165, 1.54) is 24.3 Å². The van der Waals surface area contributed by atoms with Gasteiger partial charge in [-0.3, -0.25) is 0 Å². The first-order valence-electron chi connectivity index (χ1n) is 9.02. The van der Waals surface area contributed by atoms with Crippen LogP contribution in [-0.2, 0) is 10.3 Å². The molecule has 1 fully saturated rings. The first-order chi connectivity index (χ1) is 14.6. The van der Waals surface area contributed by atoms with Crippen LogP contribution in [0, 0.1) is 0 Å². The summed E-state index contributed by atoms with van der Waals surface area (Å²) >= 11 is 0. The van der Waals surface area contributed by atoms with E-state index in [1.54, 1.807) is 0 Å². The molecule has 0 spiro atoms. The van der Waals surface area contributed by atoms with Crippen LogP contribution in [0.15, 0.2) is 78.9 Å². The van der Waals surface area contributed by atoms with E-state index >= 15 is 0 Å². The van der Waals surface area contributed by atoms with Crippen LogP contribution in [-0.4, -0.2) is 12.7 Å². The van der Waals surface area contributed by atoms with Crippen LogP contribution in [0.2, 0.25) is 0 Å². The van der Waals surface area contributed by atoms with Gasteiger partial charge in [0.1, 0.15) is 23.2 Å². The molecule has 1 aliphatic rings. The molecule has 0 aliphatic carbocycles. The van der Waals surface area contributed by atoms with Gasteiger partial charge in [-0.25, -0.2) is 0 Å². The van der Waals surface area contributed by atoms with Crippen molar-refractivity contribution in [1.82, 2.24) is 0 Å². The number of benzene rings is 3. The van der Waals surface area contributed by atoms with Gasteiger partial charge in [-0.1, -0.05) is 54.6 Å². The minimum absolute atomic E-state index is 0.391. The van der Waals surface area contributed by atoms with Crippen LogP contribution < -0.4 is 9.47 Å². The van der Waals surface area contributed by atoms with Gasteiger partial charge in [0.25, 0.3) is 0 Å². The number of alkyl halides is 6. The van der Waals surface area contributed by atoms with Gasteiger partial charge in [-0.15, -0.1) is 26.3 Å². The van der Waals surface area contributed by atoms with E-state index in [4.69, 9.17) is 4.74 Å². The van der Waals surface area contributed by atoms with Crippen molar-refractivity contribution >= 4 is 0 Å². The smallest absolute Gasteiger partial charge is 0.406 e. The van der Waals surface area contributed by atoms with E-state index in [0.717, 1.165) is 29.8 Å². The molecule has 31 heavy (non-hydrogen) atoms.